The summed E-state index contributed by atoms with van der Waals surface area (Å²) in [6, 6.07) is 21.2. The van der Waals surface area contributed by atoms with Gasteiger partial charge in [-0.15, -0.1) is 0 Å². The highest BCUT2D eigenvalue weighted by molar-refractivity contribution is 6.39. The summed E-state index contributed by atoms with van der Waals surface area (Å²) < 4.78 is 7.96. The number of anilines is 1. The SMILES string of the molecule is Cc1cccc(OCCCn2cc(C=C3C(=O)NC(=O)N(c4ccc(Cl)cc4)C3=O)c3ccccc32)c1. The van der Waals surface area contributed by atoms with Crippen LogP contribution in [-0.2, 0) is 16.1 Å². The monoisotopic (exact) mass is 513 g/mol. The Hall–Kier alpha value is -4.36. The van der Waals surface area contributed by atoms with E-state index >= 15 is 0 Å². The number of aromatic nitrogens is 1. The van der Waals surface area contributed by atoms with Crippen molar-refractivity contribution in [3.63, 3.8) is 0 Å². The van der Waals surface area contributed by atoms with Crippen LogP contribution in [0.25, 0.3) is 17.0 Å². The van der Waals surface area contributed by atoms with E-state index in [-0.39, 0.29) is 5.57 Å². The van der Waals surface area contributed by atoms with Crippen molar-refractivity contribution in [3.8, 4) is 5.75 Å². The third-order valence-corrected chi connectivity index (χ3v) is 6.36. The van der Waals surface area contributed by atoms with Gasteiger partial charge in [-0.3, -0.25) is 14.9 Å². The first-order chi connectivity index (χ1) is 17.9. The summed E-state index contributed by atoms with van der Waals surface area (Å²) in [6.45, 7) is 3.26. The lowest BCUT2D eigenvalue weighted by Gasteiger charge is -2.26. The van der Waals surface area contributed by atoms with E-state index in [1.807, 2.05) is 61.7 Å². The number of halogens is 1. The third-order valence-electron chi connectivity index (χ3n) is 6.11. The van der Waals surface area contributed by atoms with E-state index in [0.717, 1.165) is 33.5 Å². The number of benzene rings is 3. The fraction of sp³-hybridized carbons (Fsp3) is 0.138. The van der Waals surface area contributed by atoms with E-state index in [4.69, 9.17) is 16.3 Å². The Bertz CT molecular complexity index is 1540. The van der Waals surface area contributed by atoms with Crippen LogP contribution in [-0.4, -0.2) is 29.0 Å². The number of para-hydroxylation sites is 1. The average Bonchev–Trinajstić information content (AvgIpc) is 3.23. The maximum Gasteiger partial charge on any atom is 0.335 e. The molecule has 1 saturated heterocycles. The fourth-order valence-electron chi connectivity index (χ4n) is 4.34. The minimum Gasteiger partial charge on any atom is -0.494 e. The zero-order valence-electron chi connectivity index (χ0n) is 20.1. The van der Waals surface area contributed by atoms with Crippen LogP contribution >= 0.6 is 11.6 Å². The summed E-state index contributed by atoms with van der Waals surface area (Å²) in [5, 5.41) is 3.63. The first-order valence-electron chi connectivity index (χ1n) is 11.8. The predicted molar refractivity (Wildman–Crippen MR) is 144 cm³/mol. The molecule has 0 saturated carbocycles. The summed E-state index contributed by atoms with van der Waals surface area (Å²) in [7, 11) is 0. The predicted octanol–water partition coefficient (Wildman–Crippen LogP) is 5.74. The van der Waals surface area contributed by atoms with E-state index in [2.05, 4.69) is 9.88 Å². The molecule has 2 heterocycles. The van der Waals surface area contributed by atoms with Gasteiger partial charge < -0.3 is 9.30 Å². The van der Waals surface area contributed by atoms with Gasteiger partial charge >= 0.3 is 6.03 Å². The quantitative estimate of drug-likeness (QED) is 0.194. The highest BCUT2D eigenvalue weighted by Gasteiger charge is 2.37. The molecular formula is C29H24ClN3O4. The van der Waals surface area contributed by atoms with Crippen LogP contribution in [0.2, 0.25) is 5.02 Å². The summed E-state index contributed by atoms with van der Waals surface area (Å²) >= 11 is 5.94. The van der Waals surface area contributed by atoms with Crippen LogP contribution in [0.3, 0.4) is 0 Å². The Kier molecular flexibility index (Phi) is 6.79. The van der Waals surface area contributed by atoms with Gasteiger partial charge in [-0.05, 0) is 67.4 Å². The van der Waals surface area contributed by atoms with Gasteiger partial charge in [0.1, 0.15) is 11.3 Å². The van der Waals surface area contributed by atoms with Gasteiger partial charge in [-0.25, -0.2) is 9.69 Å². The molecule has 7 nitrogen and oxygen atoms in total. The summed E-state index contributed by atoms with van der Waals surface area (Å²) in [5.41, 5.74) is 3.02. The minimum absolute atomic E-state index is 0.125. The number of nitrogens with one attached hydrogen (secondary N) is 1. The molecule has 1 aliphatic heterocycles. The van der Waals surface area contributed by atoms with Crippen LogP contribution in [0.5, 0.6) is 5.75 Å². The number of barbiturate groups is 1. The standard InChI is InChI=1S/C29H24ClN3O4/c1-19-6-4-7-23(16-19)37-15-5-14-32-18-20(24-8-2-3-9-26(24)32)17-25-27(34)31-29(36)33(28(25)35)22-12-10-21(30)11-13-22/h2-4,6-13,16-18H,5,14-15H2,1H3,(H,31,34,36). The average molecular weight is 514 g/mol. The molecule has 8 heteroatoms. The number of hydrogen-bond donors (Lipinski definition) is 1. The zero-order chi connectivity index (χ0) is 25.9. The third kappa shape index (κ3) is 5.13. The van der Waals surface area contributed by atoms with Crippen molar-refractivity contribution in [1.82, 2.24) is 9.88 Å². The Labute approximate surface area is 218 Å². The van der Waals surface area contributed by atoms with Crippen LogP contribution in [0.4, 0.5) is 10.5 Å². The first kappa shape index (κ1) is 24.3. The Morgan fingerprint density at radius 2 is 1.76 bits per heavy atom. The number of carbonyl (C=O) groups is 3. The molecule has 1 aliphatic rings. The molecule has 0 atom stereocenters. The Balaban J connectivity index is 1.40. The van der Waals surface area contributed by atoms with Crippen LogP contribution in [0, 0.1) is 6.92 Å². The number of fused-ring (bicyclic) bond motifs is 1. The summed E-state index contributed by atoms with van der Waals surface area (Å²) in [6.07, 6.45) is 4.21. The molecule has 3 aromatic carbocycles. The molecule has 0 bridgehead atoms. The molecule has 37 heavy (non-hydrogen) atoms. The number of hydrogen-bond acceptors (Lipinski definition) is 4. The highest BCUT2D eigenvalue weighted by atomic mass is 35.5. The van der Waals surface area contributed by atoms with Gasteiger partial charge in [-0.1, -0.05) is 41.9 Å². The summed E-state index contributed by atoms with van der Waals surface area (Å²) in [4.78, 5) is 39.4. The van der Waals surface area contributed by atoms with Crippen LogP contribution < -0.4 is 15.0 Å². The first-order valence-corrected chi connectivity index (χ1v) is 12.2. The largest absolute Gasteiger partial charge is 0.494 e. The maximum atomic E-state index is 13.3. The normalized spacial score (nSPS) is 14.9. The number of imide groups is 2. The number of urea groups is 1. The second-order valence-corrected chi connectivity index (χ2v) is 9.18. The molecule has 0 aliphatic carbocycles. The van der Waals surface area contributed by atoms with Gasteiger partial charge in [0.25, 0.3) is 11.8 Å². The van der Waals surface area contributed by atoms with Gasteiger partial charge in [0.2, 0.25) is 0 Å². The van der Waals surface area contributed by atoms with E-state index in [9.17, 15) is 14.4 Å². The lowest BCUT2D eigenvalue weighted by Crippen LogP contribution is -2.54. The number of aryl methyl sites for hydroxylation is 2. The lowest BCUT2D eigenvalue weighted by atomic mass is 10.1. The van der Waals surface area contributed by atoms with Crippen molar-refractivity contribution >= 4 is 52.1 Å². The summed E-state index contributed by atoms with van der Waals surface area (Å²) in [5.74, 6) is -0.590. The van der Waals surface area contributed by atoms with Crippen molar-refractivity contribution < 1.29 is 19.1 Å². The molecular weight excluding hydrogens is 490 g/mol. The molecule has 0 unspecified atom stereocenters. The molecule has 5 rings (SSSR count). The molecule has 1 N–H and O–H groups in total. The van der Waals surface area contributed by atoms with Gasteiger partial charge in [-0.2, -0.15) is 0 Å². The molecule has 1 aromatic heterocycles. The van der Waals surface area contributed by atoms with Gasteiger partial charge in [0.05, 0.1) is 12.3 Å². The van der Waals surface area contributed by atoms with Crippen molar-refractivity contribution in [2.45, 2.75) is 19.9 Å². The van der Waals surface area contributed by atoms with Gasteiger partial charge in [0, 0.05) is 34.2 Å². The highest BCUT2D eigenvalue weighted by Crippen LogP contribution is 2.27. The fourth-order valence-corrected chi connectivity index (χ4v) is 4.47. The number of amides is 4. The molecule has 4 amide bonds. The number of ether oxygens (including phenoxy) is 1. The molecule has 1 fully saturated rings. The van der Waals surface area contributed by atoms with Crippen LogP contribution in [0.15, 0.2) is 84.6 Å². The Morgan fingerprint density at radius 3 is 2.54 bits per heavy atom. The van der Waals surface area contributed by atoms with E-state index < -0.39 is 17.8 Å². The van der Waals surface area contributed by atoms with Gasteiger partial charge in [0.15, 0.2) is 0 Å². The Morgan fingerprint density at radius 1 is 0.973 bits per heavy atom. The van der Waals surface area contributed by atoms with E-state index in [1.54, 1.807) is 24.3 Å². The molecule has 4 aromatic rings. The van der Waals surface area contributed by atoms with Crippen molar-refractivity contribution in [2.24, 2.45) is 0 Å². The second-order valence-electron chi connectivity index (χ2n) is 8.75. The number of nitrogens with zero attached hydrogens (tertiary/aromatic N) is 2. The van der Waals surface area contributed by atoms with Crippen molar-refractivity contribution in [2.75, 3.05) is 11.5 Å². The molecule has 0 spiro atoms. The number of carbonyl (C=O) groups excluding carboxylic acids is 3. The zero-order valence-corrected chi connectivity index (χ0v) is 20.9. The van der Waals surface area contributed by atoms with Crippen LogP contribution in [0.1, 0.15) is 17.5 Å². The number of rotatable bonds is 7. The lowest BCUT2D eigenvalue weighted by molar-refractivity contribution is -0.122. The van der Waals surface area contributed by atoms with Crippen molar-refractivity contribution in [3.05, 3.63) is 101 Å². The molecule has 186 valence electrons. The second kappa shape index (κ2) is 10.3. The maximum absolute atomic E-state index is 13.3. The van der Waals surface area contributed by atoms with E-state index in [1.165, 1.54) is 6.08 Å². The van der Waals surface area contributed by atoms with Crippen molar-refractivity contribution in [1.29, 1.82) is 0 Å². The molecule has 0 radical (unpaired) electrons. The smallest absolute Gasteiger partial charge is 0.335 e. The topological polar surface area (TPSA) is 80.6 Å². The minimum atomic E-state index is -0.800. The van der Waals surface area contributed by atoms with E-state index in [0.29, 0.717) is 29.4 Å².